The fraction of sp³-hybridized carbons (Fsp3) is 0.208. The summed E-state index contributed by atoms with van der Waals surface area (Å²) in [6.07, 6.45) is -1.04. The Labute approximate surface area is 207 Å². The zero-order chi connectivity index (χ0) is 26.3. The summed E-state index contributed by atoms with van der Waals surface area (Å²) < 4.78 is 45.4. The number of nitrogens with zero attached hydrogens (tertiary/aromatic N) is 5. The molecule has 1 atom stereocenters. The number of ether oxygens (including phenoxy) is 1. The van der Waals surface area contributed by atoms with Gasteiger partial charge in [-0.3, -0.25) is 19.6 Å². The first-order valence-corrected chi connectivity index (χ1v) is 11.1. The fourth-order valence-electron chi connectivity index (χ4n) is 4.03. The van der Waals surface area contributed by atoms with Gasteiger partial charge in [0.05, 0.1) is 30.2 Å². The van der Waals surface area contributed by atoms with Gasteiger partial charge in [0, 0.05) is 24.1 Å². The lowest BCUT2D eigenvalue weighted by Crippen LogP contribution is -2.35. The number of urea groups is 1. The highest BCUT2D eigenvalue weighted by molar-refractivity contribution is 6.06. The summed E-state index contributed by atoms with van der Waals surface area (Å²) in [6, 6.07) is 6.54. The number of carbonyl (C=O) groups is 1. The Morgan fingerprint density at radius 1 is 1.08 bits per heavy atom. The van der Waals surface area contributed by atoms with Crippen molar-refractivity contribution >= 4 is 28.6 Å². The molecule has 37 heavy (non-hydrogen) atoms. The minimum Gasteiger partial charge on any atom is -0.455 e. The Bertz CT molecular complexity index is 1560. The van der Waals surface area contributed by atoms with Gasteiger partial charge < -0.3 is 14.8 Å². The van der Waals surface area contributed by atoms with Gasteiger partial charge in [0.1, 0.15) is 11.3 Å². The SMILES string of the molecule is CCc1cc(N2C(=O)N(c3cncc(C(F)(F)F)c3)C[C@@H]2O)ccc1Oc1ccnc2[nH]c(=O)cnc12. The van der Waals surface area contributed by atoms with E-state index < -0.39 is 29.6 Å². The molecule has 13 heteroatoms. The van der Waals surface area contributed by atoms with Gasteiger partial charge in [-0.15, -0.1) is 0 Å². The van der Waals surface area contributed by atoms with Crippen LogP contribution < -0.4 is 20.1 Å². The molecule has 0 unspecified atom stereocenters. The second-order valence-corrected chi connectivity index (χ2v) is 8.17. The van der Waals surface area contributed by atoms with Crippen LogP contribution in [0.15, 0.2) is 59.9 Å². The second kappa shape index (κ2) is 9.17. The molecule has 5 rings (SSSR count). The van der Waals surface area contributed by atoms with Crippen molar-refractivity contribution in [3.05, 3.63) is 76.6 Å². The summed E-state index contributed by atoms with van der Waals surface area (Å²) in [6.45, 7) is 1.63. The first-order chi connectivity index (χ1) is 17.7. The number of carbonyl (C=O) groups excluding carboxylic acids is 1. The quantitative estimate of drug-likeness (QED) is 0.416. The molecule has 190 valence electrons. The third-order valence-corrected chi connectivity index (χ3v) is 5.81. The van der Waals surface area contributed by atoms with E-state index in [4.69, 9.17) is 4.74 Å². The summed E-state index contributed by atoms with van der Waals surface area (Å²) in [4.78, 5) is 41.2. The zero-order valence-electron chi connectivity index (χ0n) is 19.2. The number of pyridine rings is 2. The van der Waals surface area contributed by atoms with Gasteiger partial charge in [0.2, 0.25) is 0 Å². The van der Waals surface area contributed by atoms with Gasteiger partial charge in [-0.25, -0.2) is 14.8 Å². The lowest BCUT2D eigenvalue weighted by atomic mass is 10.1. The molecular weight excluding hydrogens is 493 g/mol. The smallest absolute Gasteiger partial charge is 0.417 e. The topological polar surface area (TPSA) is 125 Å². The van der Waals surface area contributed by atoms with E-state index in [2.05, 4.69) is 19.9 Å². The third kappa shape index (κ3) is 4.56. The molecule has 2 amide bonds. The minimum atomic E-state index is -4.62. The van der Waals surface area contributed by atoms with E-state index in [1.807, 2.05) is 6.92 Å². The van der Waals surface area contributed by atoms with E-state index in [0.717, 1.165) is 28.3 Å². The number of aliphatic hydroxyl groups excluding tert-OH is 1. The Balaban J connectivity index is 1.44. The number of aromatic amines is 1. The number of anilines is 2. The number of rotatable bonds is 5. The molecule has 1 aliphatic heterocycles. The van der Waals surface area contributed by atoms with Crippen LogP contribution in [0.4, 0.5) is 29.3 Å². The normalized spacial score (nSPS) is 16.0. The van der Waals surface area contributed by atoms with Crippen molar-refractivity contribution < 1.29 is 27.8 Å². The van der Waals surface area contributed by atoms with Gasteiger partial charge >= 0.3 is 12.2 Å². The van der Waals surface area contributed by atoms with Crippen LogP contribution in [0.5, 0.6) is 11.5 Å². The number of aryl methyl sites for hydroxylation is 1. The number of aliphatic hydroxyl groups is 1. The maximum Gasteiger partial charge on any atom is 0.417 e. The van der Waals surface area contributed by atoms with Gasteiger partial charge in [-0.05, 0) is 36.2 Å². The molecule has 4 heterocycles. The van der Waals surface area contributed by atoms with Crippen molar-refractivity contribution in [1.29, 1.82) is 0 Å². The highest BCUT2D eigenvalue weighted by Gasteiger charge is 2.39. The number of hydrogen-bond acceptors (Lipinski definition) is 7. The van der Waals surface area contributed by atoms with Crippen LogP contribution in [-0.2, 0) is 12.6 Å². The highest BCUT2D eigenvalue weighted by Crippen LogP contribution is 2.36. The number of H-pyrrole nitrogens is 1. The van der Waals surface area contributed by atoms with E-state index in [-0.39, 0.29) is 17.9 Å². The monoisotopic (exact) mass is 512 g/mol. The molecule has 4 aromatic rings. The first kappa shape index (κ1) is 24.2. The zero-order valence-corrected chi connectivity index (χ0v) is 19.2. The maximum absolute atomic E-state index is 13.1. The molecule has 0 radical (unpaired) electrons. The molecule has 0 saturated carbocycles. The van der Waals surface area contributed by atoms with Crippen molar-refractivity contribution in [3.8, 4) is 11.5 Å². The van der Waals surface area contributed by atoms with Gasteiger partial charge in [0.15, 0.2) is 17.6 Å². The molecule has 2 N–H and O–H groups in total. The molecule has 10 nitrogen and oxygen atoms in total. The number of amides is 2. The molecule has 1 saturated heterocycles. The number of nitrogens with one attached hydrogen (secondary N) is 1. The highest BCUT2D eigenvalue weighted by atomic mass is 19.4. The maximum atomic E-state index is 13.1. The molecule has 1 fully saturated rings. The molecule has 0 spiro atoms. The van der Waals surface area contributed by atoms with Crippen LogP contribution in [0.25, 0.3) is 11.2 Å². The van der Waals surface area contributed by atoms with Crippen molar-refractivity contribution in [1.82, 2.24) is 19.9 Å². The molecule has 1 aromatic carbocycles. The number of fused-ring (bicyclic) bond motifs is 1. The van der Waals surface area contributed by atoms with Gasteiger partial charge in [0.25, 0.3) is 5.56 Å². The molecule has 0 aliphatic carbocycles. The summed E-state index contributed by atoms with van der Waals surface area (Å²) in [5.41, 5.74) is 0.157. The van der Waals surface area contributed by atoms with Crippen molar-refractivity contribution in [3.63, 3.8) is 0 Å². The third-order valence-electron chi connectivity index (χ3n) is 5.81. The standard InChI is InChI=1S/C24H19F3N6O4/c1-2-13-7-15(3-4-17(13)37-18-5-6-29-22-21(18)30-11-19(34)31-22)33-20(35)12-32(23(33)36)16-8-14(9-28-10-16)24(25,26)27/h3-11,20,35H,2,12H2,1H3,(H,29,31,34)/t20-/m0/s1. The number of halogens is 3. The largest absolute Gasteiger partial charge is 0.455 e. The summed E-state index contributed by atoms with van der Waals surface area (Å²) >= 11 is 0. The summed E-state index contributed by atoms with van der Waals surface area (Å²) in [7, 11) is 0. The Morgan fingerprint density at radius 3 is 2.65 bits per heavy atom. The predicted molar refractivity (Wildman–Crippen MR) is 127 cm³/mol. The number of alkyl halides is 3. The van der Waals surface area contributed by atoms with E-state index >= 15 is 0 Å². The van der Waals surface area contributed by atoms with Crippen LogP contribution in [0.1, 0.15) is 18.1 Å². The van der Waals surface area contributed by atoms with E-state index in [9.17, 15) is 27.9 Å². The number of hydrogen-bond donors (Lipinski definition) is 2. The summed E-state index contributed by atoms with van der Waals surface area (Å²) in [5, 5.41) is 10.6. The van der Waals surface area contributed by atoms with Gasteiger partial charge in [-0.1, -0.05) is 6.92 Å². The average Bonchev–Trinajstić information content (AvgIpc) is 3.17. The molecule has 1 aliphatic rings. The Morgan fingerprint density at radius 2 is 1.89 bits per heavy atom. The number of aromatic nitrogens is 4. The van der Waals surface area contributed by atoms with E-state index in [0.29, 0.717) is 40.9 Å². The average molecular weight is 512 g/mol. The lowest BCUT2D eigenvalue weighted by molar-refractivity contribution is -0.137. The van der Waals surface area contributed by atoms with Crippen LogP contribution in [0.2, 0.25) is 0 Å². The minimum absolute atomic E-state index is 0.0767. The van der Waals surface area contributed by atoms with Crippen molar-refractivity contribution in [2.75, 3.05) is 16.3 Å². The summed E-state index contributed by atoms with van der Waals surface area (Å²) in [5.74, 6) is 0.802. The molecular formula is C24H19F3N6O4. The Kier molecular flexibility index (Phi) is 5.99. The number of β-amino-alcohol motifs (C(OH)–C–C–N with tert-alkyl or cyclic N) is 1. The van der Waals surface area contributed by atoms with Crippen LogP contribution in [-0.4, -0.2) is 43.8 Å². The van der Waals surface area contributed by atoms with E-state index in [1.165, 1.54) is 6.20 Å². The van der Waals surface area contributed by atoms with Crippen molar-refractivity contribution in [2.24, 2.45) is 0 Å². The van der Waals surface area contributed by atoms with Crippen molar-refractivity contribution in [2.45, 2.75) is 25.7 Å². The molecule has 3 aromatic heterocycles. The molecule has 0 bridgehead atoms. The van der Waals surface area contributed by atoms with Crippen LogP contribution in [0.3, 0.4) is 0 Å². The van der Waals surface area contributed by atoms with Crippen LogP contribution >= 0.6 is 0 Å². The van der Waals surface area contributed by atoms with Gasteiger partial charge in [-0.2, -0.15) is 13.2 Å². The first-order valence-electron chi connectivity index (χ1n) is 11.1. The van der Waals surface area contributed by atoms with E-state index in [1.54, 1.807) is 24.3 Å². The lowest BCUT2D eigenvalue weighted by Gasteiger charge is -2.22. The second-order valence-electron chi connectivity index (χ2n) is 8.17. The number of benzene rings is 1. The van der Waals surface area contributed by atoms with Crippen LogP contribution in [0, 0.1) is 0 Å². The Hall–Kier alpha value is -4.52. The fourth-order valence-corrected chi connectivity index (χ4v) is 4.03. The predicted octanol–water partition coefficient (Wildman–Crippen LogP) is 3.85.